The van der Waals surface area contributed by atoms with Crippen molar-refractivity contribution >= 4 is 45.3 Å². The van der Waals surface area contributed by atoms with E-state index in [0.717, 1.165) is 5.01 Å². The first-order chi connectivity index (χ1) is 8.22. The van der Waals surface area contributed by atoms with Gasteiger partial charge in [-0.3, -0.25) is 10.1 Å². The van der Waals surface area contributed by atoms with E-state index in [-0.39, 0.29) is 5.91 Å². The van der Waals surface area contributed by atoms with Crippen LogP contribution in [-0.4, -0.2) is 16.1 Å². The highest BCUT2D eigenvalue weighted by atomic mass is 35.5. The second kappa shape index (κ2) is 4.36. The number of carbonyl (C=O) groups excluding carboxylic acids is 1. The smallest absolute Gasteiger partial charge is 0.267 e. The molecule has 88 valence electrons. The summed E-state index contributed by atoms with van der Waals surface area (Å²) in [5.41, 5.74) is 0. The van der Waals surface area contributed by atoms with Crippen LogP contribution >= 0.6 is 34.3 Å². The average molecular weight is 286 g/mol. The van der Waals surface area contributed by atoms with Crippen molar-refractivity contribution in [1.82, 2.24) is 10.2 Å². The summed E-state index contributed by atoms with van der Waals surface area (Å²) >= 11 is 8.48. The Morgan fingerprint density at radius 2 is 2.18 bits per heavy atom. The fourth-order valence-electron chi connectivity index (χ4n) is 1.38. The van der Waals surface area contributed by atoms with Gasteiger partial charge in [-0.05, 0) is 25.0 Å². The molecule has 0 aliphatic heterocycles. The van der Waals surface area contributed by atoms with Gasteiger partial charge in [0.1, 0.15) is 5.01 Å². The predicted molar refractivity (Wildman–Crippen MR) is 69.2 cm³/mol. The standard InChI is InChI=1S/C10H8ClN3OS2/c11-7-4-3-6(16-7)8(15)12-10-14-13-9(17-10)5-1-2-5/h3-5H,1-2H2,(H,12,14,15). The maximum absolute atomic E-state index is 11.8. The summed E-state index contributed by atoms with van der Waals surface area (Å²) in [5, 5.41) is 12.3. The predicted octanol–water partition coefficient (Wildman–Crippen LogP) is 3.38. The molecular weight excluding hydrogens is 278 g/mol. The average Bonchev–Trinajstić information content (AvgIpc) is 2.90. The van der Waals surface area contributed by atoms with Crippen molar-refractivity contribution in [2.24, 2.45) is 0 Å². The van der Waals surface area contributed by atoms with Gasteiger partial charge in [0, 0.05) is 5.92 Å². The molecule has 0 bridgehead atoms. The fraction of sp³-hybridized carbons (Fsp3) is 0.300. The number of thiophene rings is 1. The van der Waals surface area contributed by atoms with E-state index in [9.17, 15) is 4.79 Å². The Bertz CT molecular complexity index is 561. The van der Waals surface area contributed by atoms with E-state index >= 15 is 0 Å². The number of anilines is 1. The number of rotatable bonds is 3. The molecule has 0 radical (unpaired) electrons. The number of nitrogens with zero attached hydrogens (tertiary/aromatic N) is 2. The Balaban J connectivity index is 1.71. The monoisotopic (exact) mass is 285 g/mol. The third kappa shape index (κ3) is 2.48. The second-order valence-electron chi connectivity index (χ2n) is 3.78. The zero-order valence-electron chi connectivity index (χ0n) is 8.64. The third-order valence-electron chi connectivity index (χ3n) is 2.38. The van der Waals surface area contributed by atoms with Crippen LogP contribution in [0.5, 0.6) is 0 Å². The lowest BCUT2D eigenvalue weighted by molar-refractivity contribution is 0.103. The van der Waals surface area contributed by atoms with Gasteiger partial charge in [0.15, 0.2) is 0 Å². The van der Waals surface area contributed by atoms with E-state index < -0.39 is 0 Å². The summed E-state index contributed by atoms with van der Waals surface area (Å²) in [4.78, 5) is 12.4. The summed E-state index contributed by atoms with van der Waals surface area (Å²) in [6.07, 6.45) is 2.37. The van der Waals surface area contributed by atoms with E-state index in [1.54, 1.807) is 12.1 Å². The van der Waals surface area contributed by atoms with Gasteiger partial charge < -0.3 is 0 Å². The van der Waals surface area contributed by atoms with Gasteiger partial charge in [-0.2, -0.15) is 0 Å². The van der Waals surface area contributed by atoms with Gasteiger partial charge in [0.2, 0.25) is 5.13 Å². The second-order valence-corrected chi connectivity index (χ2v) is 6.50. The number of aromatic nitrogens is 2. The lowest BCUT2D eigenvalue weighted by Gasteiger charge is -1.96. The molecule has 3 rings (SSSR count). The Hall–Kier alpha value is -0.980. The van der Waals surface area contributed by atoms with Gasteiger partial charge in [0.25, 0.3) is 5.91 Å². The highest BCUT2D eigenvalue weighted by molar-refractivity contribution is 7.18. The summed E-state index contributed by atoms with van der Waals surface area (Å²) < 4.78 is 0.603. The number of halogens is 1. The molecular formula is C10H8ClN3OS2. The summed E-state index contributed by atoms with van der Waals surface area (Å²) in [6.45, 7) is 0. The molecule has 0 aromatic carbocycles. The number of nitrogens with one attached hydrogen (secondary N) is 1. The van der Waals surface area contributed by atoms with E-state index in [0.29, 0.717) is 20.3 Å². The van der Waals surface area contributed by atoms with Crippen LogP contribution < -0.4 is 5.32 Å². The van der Waals surface area contributed by atoms with Gasteiger partial charge in [-0.15, -0.1) is 21.5 Å². The van der Waals surface area contributed by atoms with Crippen LogP contribution in [0, 0.1) is 0 Å². The molecule has 2 aromatic heterocycles. The molecule has 0 unspecified atom stereocenters. The minimum absolute atomic E-state index is 0.180. The molecule has 17 heavy (non-hydrogen) atoms. The molecule has 0 spiro atoms. The molecule has 1 fully saturated rings. The Kier molecular flexibility index (Phi) is 2.85. The van der Waals surface area contributed by atoms with Crippen molar-refractivity contribution in [2.75, 3.05) is 5.32 Å². The molecule has 1 N–H and O–H groups in total. The van der Waals surface area contributed by atoms with E-state index in [4.69, 9.17) is 11.6 Å². The molecule has 1 amide bonds. The van der Waals surface area contributed by atoms with Crippen molar-refractivity contribution in [1.29, 1.82) is 0 Å². The summed E-state index contributed by atoms with van der Waals surface area (Å²) in [6, 6.07) is 3.40. The number of hydrogen-bond acceptors (Lipinski definition) is 5. The van der Waals surface area contributed by atoms with Crippen molar-refractivity contribution in [3.63, 3.8) is 0 Å². The lowest BCUT2D eigenvalue weighted by atomic mass is 10.4. The van der Waals surface area contributed by atoms with Crippen molar-refractivity contribution in [3.05, 3.63) is 26.4 Å². The Morgan fingerprint density at radius 3 is 2.82 bits per heavy atom. The SMILES string of the molecule is O=C(Nc1nnc(C2CC2)s1)c1ccc(Cl)s1. The van der Waals surface area contributed by atoms with Crippen molar-refractivity contribution < 1.29 is 4.79 Å². The fourth-order valence-corrected chi connectivity index (χ4v) is 3.22. The van der Waals surface area contributed by atoms with Gasteiger partial charge >= 0.3 is 0 Å². The Labute approximate surface area is 111 Å². The number of carbonyl (C=O) groups is 1. The van der Waals surface area contributed by atoms with Gasteiger partial charge in [0.05, 0.1) is 9.21 Å². The first-order valence-electron chi connectivity index (χ1n) is 5.12. The molecule has 7 heteroatoms. The van der Waals surface area contributed by atoms with Gasteiger partial charge in [-0.25, -0.2) is 0 Å². The Morgan fingerprint density at radius 1 is 1.35 bits per heavy atom. The molecule has 1 saturated carbocycles. The highest BCUT2D eigenvalue weighted by Crippen LogP contribution is 2.42. The topological polar surface area (TPSA) is 54.9 Å². The van der Waals surface area contributed by atoms with Crippen LogP contribution in [0.1, 0.15) is 33.4 Å². The summed E-state index contributed by atoms with van der Waals surface area (Å²) in [7, 11) is 0. The van der Waals surface area contributed by atoms with Crippen LogP contribution in [0.15, 0.2) is 12.1 Å². The first kappa shape index (κ1) is 11.1. The zero-order valence-corrected chi connectivity index (χ0v) is 11.0. The molecule has 4 nitrogen and oxygen atoms in total. The maximum atomic E-state index is 11.8. The molecule has 0 atom stereocenters. The quantitative estimate of drug-likeness (QED) is 0.940. The molecule has 0 saturated heterocycles. The molecule has 2 aromatic rings. The minimum Gasteiger partial charge on any atom is -0.296 e. The largest absolute Gasteiger partial charge is 0.296 e. The first-order valence-corrected chi connectivity index (χ1v) is 7.13. The van der Waals surface area contributed by atoms with Crippen LogP contribution in [0.3, 0.4) is 0 Å². The minimum atomic E-state index is -0.180. The lowest BCUT2D eigenvalue weighted by Crippen LogP contribution is -2.09. The molecule has 1 aliphatic rings. The normalized spacial score (nSPS) is 14.9. The highest BCUT2D eigenvalue weighted by Gasteiger charge is 2.27. The van der Waals surface area contributed by atoms with Crippen molar-refractivity contribution in [3.8, 4) is 0 Å². The van der Waals surface area contributed by atoms with Crippen molar-refractivity contribution in [2.45, 2.75) is 18.8 Å². The van der Waals surface area contributed by atoms with Crippen LogP contribution in [0.2, 0.25) is 4.34 Å². The number of amides is 1. The molecule has 2 heterocycles. The summed E-state index contributed by atoms with van der Waals surface area (Å²) in [5.74, 6) is 0.384. The van der Waals surface area contributed by atoms with Gasteiger partial charge in [-0.1, -0.05) is 22.9 Å². The van der Waals surface area contributed by atoms with Crippen LogP contribution in [0.25, 0.3) is 0 Å². The third-order valence-corrected chi connectivity index (χ3v) is 4.62. The zero-order chi connectivity index (χ0) is 11.8. The number of hydrogen-bond donors (Lipinski definition) is 1. The van der Waals surface area contributed by atoms with E-state index in [1.807, 2.05) is 0 Å². The van der Waals surface area contributed by atoms with E-state index in [1.165, 1.54) is 35.5 Å². The van der Waals surface area contributed by atoms with Crippen LogP contribution in [-0.2, 0) is 0 Å². The maximum Gasteiger partial charge on any atom is 0.267 e. The van der Waals surface area contributed by atoms with E-state index in [2.05, 4.69) is 15.5 Å². The van der Waals surface area contributed by atoms with Crippen LogP contribution in [0.4, 0.5) is 5.13 Å². The molecule has 1 aliphatic carbocycles.